The third kappa shape index (κ3) is 4.99. The number of hydroxylamine groups is 1. The van der Waals surface area contributed by atoms with Gasteiger partial charge >= 0.3 is 5.97 Å². The molecule has 0 aromatic heterocycles. The van der Waals surface area contributed by atoms with Crippen LogP contribution in [0.4, 0.5) is 11.4 Å². The third-order valence-electron chi connectivity index (χ3n) is 5.30. The second-order valence-electron chi connectivity index (χ2n) is 7.87. The molecular weight excluding hydrogens is 420 g/mol. The average molecular weight is 447 g/mol. The summed E-state index contributed by atoms with van der Waals surface area (Å²) in [5.74, 6) is 0.184. The molecule has 7 nitrogen and oxygen atoms in total. The highest BCUT2D eigenvalue weighted by Gasteiger charge is 2.28. The van der Waals surface area contributed by atoms with Crippen molar-refractivity contribution in [3.05, 3.63) is 83.9 Å². The number of aryl methyl sites for hydroxylation is 1. The lowest BCUT2D eigenvalue weighted by atomic mass is 10.1. The van der Waals surface area contributed by atoms with Gasteiger partial charge in [-0.2, -0.15) is 5.06 Å². The molecule has 7 heteroatoms. The second kappa shape index (κ2) is 9.75. The zero-order valence-corrected chi connectivity index (χ0v) is 18.9. The molecule has 0 spiro atoms. The first-order valence-electron chi connectivity index (χ1n) is 10.7. The number of para-hydroxylation sites is 3. The van der Waals surface area contributed by atoms with Gasteiger partial charge in [-0.3, -0.25) is 14.4 Å². The van der Waals surface area contributed by atoms with Crippen LogP contribution in [-0.2, 0) is 9.63 Å². The summed E-state index contributed by atoms with van der Waals surface area (Å²) in [5.41, 5.74) is 2.50. The highest BCUT2D eigenvalue weighted by Crippen LogP contribution is 2.35. The number of benzene rings is 3. The molecule has 1 atom stereocenters. The molecule has 3 aromatic carbocycles. The van der Waals surface area contributed by atoms with Gasteiger partial charge in [-0.05, 0) is 42.8 Å². The largest absolute Gasteiger partial charge is 0.484 e. The van der Waals surface area contributed by atoms with Crippen molar-refractivity contribution in [3.63, 3.8) is 0 Å². The van der Waals surface area contributed by atoms with Crippen LogP contribution in [0.5, 0.6) is 11.5 Å². The molecule has 1 amide bonds. The average Bonchev–Trinajstić information content (AvgIpc) is 2.81. The highest BCUT2D eigenvalue weighted by atomic mass is 16.7. The summed E-state index contributed by atoms with van der Waals surface area (Å²) in [4.78, 5) is 33.3. The first-order chi connectivity index (χ1) is 15.9. The topological polar surface area (TPSA) is 68.3 Å². The molecule has 0 fully saturated rings. The first kappa shape index (κ1) is 22.4. The lowest BCUT2D eigenvalue weighted by molar-refractivity contribution is -0.131. The highest BCUT2D eigenvalue weighted by molar-refractivity contribution is 6.05. The number of carbonyl (C=O) groups excluding carboxylic acids is 2. The lowest BCUT2D eigenvalue weighted by Crippen LogP contribution is -2.43. The number of amides is 1. The molecule has 4 rings (SSSR count). The van der Waals surface area contributed by atoms with Gasteiger partial charge < -0.3 is 14.4 Å². The van der Waals surface area contributed by atoms with Crippen LogP contribution in [0, 0.1) is 6.92 Å². The number of anilines is 2. The monoisotopic (exact) mass is 446 g/mol. The van der Waals surface area contributed by atoms with E-state index in [2.05, 4.69) is 4.90 Å². The molecule has 0 radical (unpaired) electrons. The van der Waals surface area contributed by atoms with Crippen molar-refractivity contribution in [1.82, 2.24) is 0 Å². The van der Waals surface area contributed by atoms with Crippen molar-refractivity contribution in [3.8, 4) is 11.5 Å². The van der Waals surface area contributed by atoms with Gasteiger partial charge in [-0.1, -0.05) is 42.5 Å². The molecule has 0 N–H and O–H groups in total. The molecule has 170 valence electrons. The van der Waals surface area contributed by atoms with Crippen molar-refractivity contribution in [1.29, 1.82) is 0 Å². The minimum atomic E-state index is -0.480. The molecule has 0 bridgehead atoms. The van der Waals surface area contributed by atoms with Gasteiger partial charge in [0.1, 0.15) is 24.1 Å². The van der Waals surface area contributed by atoms with Gasteiger partial charge in [0.15, 0.2) is 5.75 Å². The maximum atomic E-state index is 13.4. The maximum Gasteiger partial charge on any atom is 0.308 e. The fourth-order valence-corrected chi connectivity index (χ4v) is 3.75. The van der Waals surface area contributed by atoms with Crippen molar-refractivity contribution in [2.75, 3.05) is 30.2 Å². The predicted molar refractivity (Wildman–Crippen MR) is 126 cm³/mol. The number of esters is 1. The van der Waals surface area contributed by atoms with Crippen molar-refractivity contribution in [2.24, 2.45) is 0 Å². The van der Waals surface area contributed by atoms with Crippen molar-refractivity contribution < 1.29 is 23.9 Å². The Morgan fingerprint density at radius 2 is 1.76 bits per heavy atom. The zero-order chi connectivity index (χ0) is 23.4. The molecule has 0 aliphatic carbocycles. The van der Waals surface area contributed by atoms with Gasteiger partial charge in [0.25, 0.3) is 5.91 Å². The SMILES string of the molecule is CC(=O)Oc1c(C)cccc1N(OC[C@@H]1CN(C)c2ccccc2O1)C(=O)c1ccccc1. The Morgan fingerprint density at radius 1 is 1.03 bits per heavy atom. The summed E-state index contributed by atoms with van der Waals surface area (Å²) in [6.07, 6.45) is -0.307. The number of fused-ring (bicyclic) bond motifs is 1. The van der Waals surface area contributed by atoms with Crippen LogP contribution in [0.2, 0.25) is 0 Å². The maximum absolute atomic E-state index is 13.4. The van der Waals surface area contributed by atoms with E-state index >= 15 is 0 Å². The van der Waals surface area contributed by atoms with E-state index < -0.39 is 5.97 Å². The Balaban J connectivity index is 1.63. The number of hydrogen-bond acceptors (Lipinski definition) is 6. The van der Waals surface area contributed by atoms with Crippen LogP contribution >= 0.6 is 0 Å². The third-order valence-corrected chi connectivity index (χ3v) is 5.30. The normalized spacial score (nSPS) is 14.8. The Kier molecular flexibility index (Phi) is 6.60. The number of carbonyl (C=O) groups is 2. The van der Waals surface area contributed by atoms with Gasteiger partial charge in [-0.15, -0.1) is 0 Å². The molecule has 0 unspecified atom stereocenters. The van der Waals surface area contributed by atoms with Gasteiger partial charge in [0, 0.05) is 19.5 Å². The molecule has 0 saturated carbocycles. The Morgan fingerprint density at radius 3 is 2.52 bits per heavy atom. The summed E-state index contributed by atoms with van der Waals surface area (Å²) in [6.45, 7) is 3.84. The van der Waals surface area contributed by atoms with Crippen LogP contribution in [-0.4, -0.2) is 38.2 Å². The van der Waals surface area contributed by atoms with Crippen LogP contribution in [0.25, 0.3) is 0 Å². The molecule has 3 aromatic rings. The van der Waals surface area contributed by atoms with Crippen molar-refractivity contribution in [2.45, 2.75) is 20.0 Å². The van der Waals surface area contributed by atoms with E-state index in [-0.39, 0.29) is 24.4 Å². The second-order valence-corrected chi connectivity index (χ2v) is 7.87. The van der Waals surface area contributed by atoms with E-state index in [1.54, 1.807) is 36.4 Å². The van der Waals surface area contributed by atoms with E-state index in [1.807, 2.05) is 50.4 Å². The molecule has 1 aliphatic rings. The summed E-state index contributed by atoms with van der Waals surface area (Å²) in [7, 11) is 1.99. The standard InChI is InChI=1S/C26H26N2O5/c1-18-10-9-14-23(25(18)32-19(2)29)28(26(30)20-11-5-4-6-12-20)31-17-21-16-27(3)22-13-7-8-15-24(22)33-21/h4-15,21H,16-17H2,1-3H3/t21-/m0/s1. The van der Waals surface area contributed by atoms with Gasteiger partial charge in [-0.25, -0.2) is 0 Å². The summed E-state index contributed by atoms with van der Waals surface area (Å²) in [5, 5.41) is 1.18. The fourth-order valence-electron chi connectivity index (χ4n) is 3.75. The number of nitrogens with zero attached hydrogens (tertiary/aromatic N) is 2. The zero-order valence-electron chi connectivity index (χ0n) is 18.9. The number of hydrogen-bond donors (Lipinski definition) is 0. The minimum Gasteiger partial charge on any atom is -0.484 e. The smallest absolute Gasteiger partial charge is 0.308 e. The molecular formula is C26H26N2O5. The summed E-state index contributed by atoms with van der Waals surface area (Å²) < 4.78 is 11.5. The van der Waals surface area contributed by atoms with Crippen LogP contribution in [0.3, 0.4) is 0 Å². The predicted octanol–water partition coefficient (Wildman–Crippen LogP) is 4.40. The molecule has 1 heterocycles. The summed E-state index contributed by atoms with van der Waals surface area (Å²) >= 11 is 0. The van der Waals surface area contributed by atoms with Crippen LogP contribution in [0.15, 0.2) is 72.8 Å². The quantitative estimate of drug-likeness (QED) is 0.318. The number of rotatable bonds is 6. The van der Waals surface area contributed by atoms with E-state index in [4.69, 9.17) is 14.3 Å². The van der Waals surface area contributed by atoms with Gasteiger partial charge in [0.2, 0.25) is 0 Å². The van der Waals surface area contributed by atoms with E-state index in [1.165, 1.54) is 12.0 Å². The lowest BCUT2D eigenvalue weighted by Gasteiger charge is -2.34. The number of likely N-dealkylation sites (N-methyl/N-ethyl adjacent to an activating group) is 1. The van der Waals surface area contributed by atoms with E-state index in [0.29, 0.717) is 23.4 Å². The fraction of sp³-hybridized carbons (Fsp3) is 0.231. The minimum absolute atomic E-state index is 0.116. The Labute approximate surface area is 193 Å². The first-order valence-corrected chi connectivity index (χ1v) is 10.7. The Bertz CT molecular complexity index is 1150. The summed E-state index contributed by atoms with van der Waals surface area (Å²) in [6, 6.07) is 21.9. The molecule has 33 heavy (non-hydrogen) atoms. The molecule has 0 saturated heterocycles. The Hall–Kier alpha value is -3.84. The van der Waals surface area contributed by atoms with Gasteiger partial charge in [0.05, 0.1) is 12.2 Å². The molecule has 1 aliphatic heterocycles. The number of ether oxygens (including phenoxy) is 2. The van der Waals surface area contributed by atoms with Crippen molar-refractivity contribution >= 4 is 23.3 Å². The van der Waals surface area contributed by atoms with E-state index in [9.17, 15) is 9.59 Å². The van der Waals surface area contributed by atoms with Crippen LogP contribution in [0.1, 0.15) is 22.8 Å². The van der Waals surface area contributed by atoms with E-state index in [0.717, 1.165) is 11.4 Å². The van der Waals surface area contributed by atoms with Crippen LogP contribution < -0.4 is 19.4 Å².